The van der Waals surface area contributed by atoms with Gasteiger partial charge >= 0.3 is 0 Å². The van der Waals surface area contributed by atoms with Crippen molar-refractivity contribution in [3.63, 3.8) is 0 Å². The number of carbonyl (C=O) groups is 2. The number of benzene rings is 1. The zero-order valence-electron chi connectivity index (χ0n) is 15.8. The zero-order chi connectivity index (χ0) is 20.0. The molecule has 0 bridgehead atoms. The summed E-state index contributed by atoms with van der Waals surface area (Å²) in [6.45, 7) is 6.26. The van der Waals surface area contributed by atoms with Gasteiger partial charge in [-0.15, -0.1) is 0 Å². The predicted octanol–water partition coefficient (Wildman–Crippen LogP) is 1.78. The van der Waals surface area contributed by atoms with Gasteiger partial charge in [0.15, 0.2) is 5.78 Å². The number of nitrogens with zero attached hydrogens (tertiary/aromatic N) is 1. The van der Waals surface area contributed by atoms with Crippen LogP contribution in [0.15, 0.2) is 29.2 Å². The normalized spacial score (nSPS) is 19.2. The lowest BCUT2D eigenvalue weighted by Gasteiger charge is -2.30. The quantitative estimate of drug-likeness (QED) is 0.757. The van der Waals surface area contributed by atoms with Crippen LogP contribution < -0.4 is 10.1 Å². The summed E-state index contributed by atoms with van der Waals surface area (Å²) in [5.74, 6) is -0.591. The maximum atomic E-state index is 13.3. The fraction of sp³-hybridized carbons (Fsp3) is 0.526. The summed E-state index contributed by atoms with van der Waals surface area (Å²) in [5, 5.41) is 2.97. The summed E-state index contributed by atoms with van der Waals surface area (Å²) in [6.07, 6.45) is 1.43. The first-order valence-corrected chi connectivity index (χ1v) is 10.5. The van der Waals surface area contributed by atoms with E-state index < -0.39 is 22.0 Å². The van der Waals surface area contributed by atoms with Gasteiger partial charge in [0.05, 0.1) is 18.6 Å². The van der Waals surface area contributed by atoms with Crippen LogP contribution in [0.3, 0.4) is 0 Å². The molecule has 0 saturated carbocycles. The molecule has 1 aliphatic rings. The van der Waals surface area contributed by atoms with E-state index in [2.05, 4.69) is 12.2 Å². The van der Waals surface area contributed by atoms with Crippen LogP contribution in [0.2, 0.25) is 0 Å². The number of carbonyl (C=O) groups excluding carboxylic acids is 2. The molecule has 1 amide bonds. The fourth-order valence-corrected chi connectivity index (χ4v) is 4.64. The van der Waals surface area contributed by atoms with E-state index in [1.807, 2.05) is 6.92 Å². The van der Waals surface area contributed by atoms with Crippen LogP contribution >= 0.6 is 0 Å². The maximum absolute atomic E-state index is 13.3. The van der Waals surface area contributed by atoms with Gasteiger partial charge in [-0.2, -0.15) is 0 Å². The van der Waals surface area contributed by atoms with E-state index in [0.717, 1.165) is 4.31 Å². The van der Waals surface area contributed by atoms with E-state index in [1.165, 1.54) is 19.2 Å². The van der Waals surface area contributed by atoms with Crippen LogP contribution in [0.25, 0.3) is 0 Å². The van der Waals surface area contributed by atoms with Gasteiger partial charge < -0.3 is 10.1 Å². The highest BCUT2D eigenvalue weighted by atomic mass is 32.2. The second kappa shape index (κ2) is 9.32. The molecule has 1 radical (unpaired) electrons. The molecule has 2 rings (SSSR count). The van der Waals surface area contributed by atoms with Gasteiger partial charge in [0, 0.05) is 12.5 Å². The lowest BCUT2D eigenvalue weighted by molar-refractivity contribution is -0.134. The van der Waals surface area contributed by atoms with Gasteiger partial charge in [-0.1, -0.05) is 26.3 Å². The number of sulfonamides is 1. The average Bonchev–Trinajstić information content (AvgIpc) is 2.86. The van der Waals surface area contributed by atoms with E-state index in [4.69, 9.17) is 4.74 Å². The molecule has 1 fully saturated rings. The van der Waals surface area contributed by atoms with Crippen molar-refractivity contribution in [2.24, 2.45) is 5.92 Å². The predicted molar refractivity (Wildman–Crippen MR) is 102 cm³/mol. The highest BCUT2D eigenvalue weighted by Gasteiger charge is 2.39. The van der Waals surface area contributed by atoms with Crippen molar-refractivity contribution >= 4 is 21.7 Å². The Bertz CT molecular complexity index is 778. The number of ketones is 1. The first kappa shape index (κ1) is 21.4. The number of nitrogens with one attached hydrogen (secondary N) is 1. The van der Waals surface area contributed by atoms with Gasteiger partial charge in [0.25, 0.3) is 10.0 Å². The molecular weight excluding hydrogens is 368 g/mol. The van der Waals surface area contributed by atoms with E-state index in [9.17, 15) is 18.0 Å². The lowest BCUT2D eigenvalue weighted by atomic mass is 10.0. The Hall–Kier alpha value is -1.93. The van der Waals surface area contributed by atoms with Crippen molar-refractivity contribution in [1.29, 1.82) is 0 Å². The van der Waals surface area contributed by atoms with Crippen molar-refractivity contribution < 1.29 is 22.7 Å². The Balaban J connectivity index is 2.49. The number of methoxy groups -OCH3 is 1. The first-order chi connectivity index (χ1) is 12.8. The Morgan fingerprint density at radius 2 is 2.19 bits per heavy atom. The highest BCUT2D eigenvalue weighted by Crippen LogP contribution is 2.26. The average molecular weight is 396 g/mol. The molecule has 7 nitrogen and oxygen atoms in total. The Kier molecular flexibility index (Phi) is 7.38. The molecule has 1 saturated heterocycles. The highest BCUT2D eigenvalue weighted by molar-refractivity contribution is 7.89. The molecule has 149 valence electrons. The maximum Gasteiger partial charge on any atom is 0.267 e. The van der Waals surface area contributed by atoms with Gasteiger partial charge in [-0.05, 0) is 37.4 Å². The monoisotopic (exact) mass is 395 g/mol. The number of amides is 1. The molecular formula is C19H27N2O5S. The van der Waals surface area contributed by atoms with Gasteiger partial charge in [-0.25, -0.2) is 12.7 Å². The summed E-state index contributed by atoms with van der Waals surface area (Å²) in [7, 11) is -2.77. The van der Waals surface area contributed by atoms with Crippen LogP contribution in [0, 0.1) is 12.8 Å². The summed E-state index contributed by atoms with van der Waals surface area (Å²) >= 11 is 0. The number of hydrogen-bond acceptors (Lipinski definition) is 6. The number of Topliss-reactive ketones (excluding diaryl/α,β-unsaturated/α-hetero) is 1. The molecule has 2 atom stereocenters. The second-order valence-corrected chi connectivity index (χ2v) is 8.59. The number of ether oxygens (including phenoxy) is 1. The molecule has 0 aromatic heterocycles. The molecule has 8 heteroatoms. The van der Waals surface area contributed by atoms with Crippen molar-refractivity contribution in [3.05, 3.63) is 31.2 Å². The summed E-state index contributed by atoms with van der Waals surface area (Å²) in [6, 6.07) is 4.93. The van der Waals surface area contributed by atoms with Crippen LogP contribution in [0.5, 0.6) is 5.75 Å². The number of rotatable bonds is 7. The Morgan fingerprint density at radius 3 is 2.85 bits per heavy atom. The van der Waals surface area contributed by atoms with E-state index in [1.54, 1.807) is 12.1 Å². The van der Waals surface area contributed by atoms with Gasteiger partial charge in [0.1, 0.15) is 11.8 Å². The SMILES string of the molecule is [CH2]C[C@H](C)CC(=O)N(C1CCCNCC1=O)S(=O)(=O)c1cccc(OC)c1. The van der Waals surface area contributed by atoms with Crippen LogP contribution in [-0.2, 0) is 19.6 Å². The number of hydrogen-bond donors (Lipinski definition) is 1. The van der Waals surface area contributed by atoms with Gasteiger partial charge in [0.2, 0.25) is 5.91 Å². The van der Waals surface area contributed by atoms with Crippen molar-refractivity contribution in [2.75, 3.05) is 20.2 Å². The van der Waals surface area contributed by atoms with Crippen LogP contribution in [0.1, 0.15) is 32.6 Å². The molecule has 1 aromatic carbocycles. The topological polar surface area (TPSA) is 92.8 Å². The molecule has 1 heterocycles. The first-order valence-electron chi connectivity index (χ1n) is 9.05. The van der Waals surface area contributed by atoms with Crippen molar-refractivity contribution in [2.45, 2.75) is 43.5 Å². The molecule has 1 aromatic rings. The summed E-state index contributed by atoms with van der Waals surface area (Å²) < 4.78 is 32.6. The van der Waals surface area contributed by atoms with Gasteiger partial charge in [-0.3, -0.25) is 9.59 Å². The molecule has 0 spiro atoms. The largest absolute Gasteiger partial charge is 0.497 e. The Labute approximate surface area is 161 Å². The lowest BCUT2D eigenvalue weighted by Crippen LogP contribution is -2.49. The molecule has 1 N–H and O–H groups in total. The van der Waals surface area contributed by atoms with Crippen molar-refractivity contribution in [3.8, 4) is 5.75 Å². The fourth-order valence-electron chi connectivity index (χ4n) is 3.00. The molecule has 0 aliphatic carbocycles. The van der Waals surface area contributed by atoms with E-state index in [0.29, 0.717) is 31.6 Å². The van der Waals surface area contributed by atoms with E-state index >= 15 is 0 Å². The minimum atomic E-state index is -4.20. The standard InChI is InChI=1S/C19H27N2O5S/c1-4-14(2)11-19(23)21(17-9-6-10-20-13-18(17)22)27(24,25)16-8-5-7-15(12-16)26-3/h5,7-8,12,14,17,20H,1,4,6,9-11,13H2,2-3H3/t14-,17?/m0/s1. The minimum absolute atomic E-state index is 0.0178. The smallest absolute Gasteiger partial charge is 0.267 e. The third-order valence-corrected chi connectivity index (χ3v) is 6.47. The molecule has 1 aliphatic heterocycles. The third-order valence-electron chi connectivity index (χ3n) is 4.64. The zero-order valence-corrected chi connectivity index (χ0v) is 16.6. The molecule has 27 heavy (non-hydrogen) atoms. The third kappa shape index (κ3) is 5.07. The Morgan fingerprint density at radius 1 is 1.44 bits per heavy atom. The molecule has 1 unspecified atom stereocenters. The minimum Gasteiger partial charge on any atom is -0.497 e. The van der Waals surface area contributed by atoms with Crippen LogP contribution in [0.4, 0.5) is 0 Å². The summed E-state index contributed by atoms with van der Waals surface area (Å²) in [5.41, 5.74) is 0. The van der Waals surface area contributed by atoms with Crippen molar-refractivity contribution in [1.82, 2.24) is 9.62 Å². The van der Waals surface area contributed by atoms with Crippen LogP contribution in [-0.4, -0.2) is 50.7 Å². The summed E-state index contributed by atoms with van der Waals surface area (Å²) in [4.78, 5) is 25.5. The van der Waals surface area contributed by atoms with E-state index in [-0.39, 0.29) is 29.6 Å². The second-order valence-electron chi connectivity index (χ2n) is 6.77.